The minimum Gasteiger partial charge on any atom is -0.492 e. The van der Waals surface area contributed by atoms with Crippen LogP contribution in [-0.2, 0) is 31.4 Å². The quantitative estimate of drug-likeness (QED) is 0.511. The van der Waals surface area contributed by atoms with Crippen molar-refractivity contribution >= 4 is 37.6 Å². The third-order valence-electron chi connectivity index (χ3n) is 4.41. The van der Waals surface area contributed by atoms with Gasteiger partial charge in [0.05, 0.1) is 27.5 Å². The van der Waals surface area contributed by atoms with Crippen LogP contribution < -0.4 is 14.8 Å². The Hall–Kier alpha value is -2.18. The number of hydrogen-bond acceptors (Lipinski definition) is 6. The Bertz CT molecular complexity index is 1170. The lowest BCUT2D eigenvalue weighted by Crippen LogP contribution is -2.44. The monoisotopic (exact) mass is 503 g/mol. The predicted molar refractivity (Wildman–Crippen MR) is 122 cm³/mol. The largest absolute Gasteiger partial charge is 0.492 e. The van der Waals surface area contributed by atoms with Crippen LogP contribution in [0.25, 0.3) is 0 Å². The van der Waals surface area contributed by atoms with Crippen molar-refractivity contribution in [3.63, 3.8) is 0 Å². The number of sulfonamides is 2. The summed E-state index contributed by atoms with van der Waals surface area (Å²) in [4.78, 5) is 12.4. The van der Waals surface area contributed by atoms with Gasteiger partial charge in [0, 0.05) is 20.6 Å². The molecule has 0 radical (unpaired) electrons. The summed E-state index contributed by atoms with van der Waals surface area (Å²) < 4.78 is 58.0. The topological polar surface area (TPSA) is 122 Å². The van der Waals surface area contributed by atoms with E-state index >= 15 is 0 Å². The molecule has 1 atom stereocenters. The summed E-state index contributed by atoms with van der Waals surface area (Å²) in [6, 6.07) is 9.03. The van der Waals surface area contributed by atoms with Gasteiger partial charge in [0.15, 0.2) is 0 Å². The molecule has 2 N–H and O–H groups in total. The molecule has 1 amide bonds. The molecule has 0 aromatic heterocycles. The van der Waals surface area contributed by atoms with Crippen LogP contribution in [0.4, 0.5) is 0 Å². The minimum absolute atomic E-state index is 0.0942. The van der Waals surface area contributed by atoms with Crippen molar-refractivity contribution in [2.75, 3.05) is 20.7 Å². The van der Waals surface area contributed by atoms with Gasteiger partial charge in [-0.05, 0) is 49.7 Å². The van der Waals surface area contributed by atoms with E-state index in [0.29, 0.717) is 17.9 Å². The third-order valence-corrected chi connectivity index (χ3v) is 8.07. The first-order valence-electron chi connectivity index (χ1n) is 9.62. The van der Waals surface area contributed by atoms with Crippen molar-refractivity contribution in [1.82, 2.24) is 14.3 Å². The Morgan fingerprint density at radius 1 is 1.06 bits per heavy atom. The first-order valence-corrected chi connectivity index (χ1v) is 12.9. The molecule has 1 unspecified atom stereocenters. The average molecular weight is 504 g/mol. The number of ether oxygens (including phenoxy) is 1. The number of halogens is 1. The third kappa shape index (κ3) is 6.42. The molecule has 32 heavy (non-hydrogen) atoms. The molecule has 2 aromatic rings. The van der Waals surface area contributed by atoms with Crippen LogP contribution in [0.3, 0.4) is 0 Å². The Kier molecular flexibility index (Phi) is 8.66. The van der Waals surface area contributed by atoms with Gasteiger partial charge in [-0.1, -0.05) is 23.7 Å². The van der Waals surface area contributed by atoms with Gasteiger partial charge >= 0.3 is 0 Å². The number of nitrogens with zero attached hydrogens (tertiary/aromatic N) is 1. The summed E-state index contributed by atoms with van der Waals surface area (Å²) in [5, 5.41) is 2.76. The highest BCUT2D eigenvalue weighted by Gasteiger charge is 2.23. The number of rotatable bonds is 10. The highest BCUT2D eigenvalue weighted by Crippen LogP contribution is 2.27. The maximum Gasteiger partial charge on any atom is 0.242 e. The molecule has 0 aliphatic heterocycles. The number of carbonyl (C=O) groups is 1. The molecular weight excluding hydrogens is 478 g/mol. The molecule has 176 valence electrons. The second-order valence-corrected chi connectivity index (χ2v) is 11.3. The molecule has 0 aliphatic rings. The molecule has 0 spiro atoms. The summed E-state index contributed by atoms with van der Waals surface area (Å²) in [6.07, 6.45) is 0. The van der Waals surface area contributed by atoms with Crippen molar-refractivity contribution in [3.8, 4) is 5.75 Å². The predicted octanol–water partition coefficient (Wildman–Crippen LogP) is 1.97. The van der Waals surface area contributed by atoms with E-state index < -0.39 is 32.0 Å². The lowest BCUT2D eigenvalue weighted by atomic mass is 10.2. The molecule has 2 rings (SSSR count). The van der Waals surface area contributed by atoms with E-state index in [1.165, 1.54) is 51.4 Å². The van der Waals surface area contributed by atoms with Gasteiger partial charge < -0.3 is 10.1 Å². The molecular formula is C20H26ClN3O6S2. The van der Waals surface area contributed by atoms with Crippen LogP contribution in [0, 0.1) is 0 Å². The van der Waals surface area contributed by atoms with Gasteiger partial charge in [0.2, 0.25) is 26.0 Å². The Labute approximate surface area is 193 Å². The van der Waals surface area contributed by atoms with Crippen LogP contribution in [0.2, 0.25) is 5.02 Å². The van der Waals surface area contributed by atoms with Crippen molar-refractivity contribution in [2.24, 2.45) is 0 Å². The van der Waals surface area contributed by atoms with E-state index in [2.05, 4.69) is 10.0 Å². The fourth-order valence-corrected chi connectivity index (χ4v) is 5.04. The molecule has 0 fully saturated rings. The second-order valence-electron chi connectivity index (χ2n) is 7.02. The molecule has 0 saturated carbocycles. The van der Waals surface area contributed by atoms with E-state index in [1.54, 1.807) is 19.1 Å². The Balaban J connectivity index is 2.00. The van der Waals surface area contributed by atoms with Crippen LogP contribution in [0.1, 0.15) is 19.4 Å². The SMILES string of the molecule is CCOc1ccc(S(=O)(=O)NC(C)C(=O)NCc2ccc(S(=O)(=O)N(C)C)cc2)cc1Cl. The standard InChI is InChI=1S/C20H26ClN3O6S2/c1-5-30-19-11-10-17(12-18(19)21)31(26,27)23-14(2)20(25)22-13-15-6-8-16(9-7-15)32(28,29)24(3)4/h6-12,14,23H,5,13H2,1-4H3,(H,22,25). The van der Waals surface area contributed by atoms with Crippen LogP contribution in [-0.4, -0.2) is 53.8 Å². The minimum atomic E-state index is -3.99. The normalized spacial score (nSPS) is 13.1. The van der Waals surface area contributed by atoms with Crippen LogP contribution in [0.5, 0.6) is 5.75 Å². The molecule has 0 aliphatic carbocycles. The fourth-order valence-electron chi connectivity index (χ4n) is 2.61. The summed E-state index contributed by atoms with van der Waals surface area (Å²) in [7, 11) is -4.66. The van der Waals surface area contributed by atoms with Crippen molar-refractivity contribution in [3.05, 3.63) is 53.1 Å². The summed E-state index contributed by atoms with van der Waals surface area (Å²) in [6.45, 7) is 3.68. The number of benzene rings is 2. The summed E-state index contributed by atoms with van der Waals surface area (Å²) in [5.41, 5.74) is 0.657. The van der Waals surface area contributed by atoms with E-state index in [1.807, 2.05) is 0 Å². The first-order chi connectivity index (χ1) is 14.9. The van der Waals surface area contributed by atoms with E-state index in [4.69, 9.17) is 16.3 Å². The fraction of sp³-hybridized carbons (Fsp3) is 0.350. The van der Waals surface area contributed by atoms with Crippen molar-refractivity contribution in [1.29, 1.82) is 0 Å². The van der Waals surface area contributed by atoms with Gasteiger partial charge in [-0.15, -0.1) is 0 Å². The smallest absolute Gasteiger partial charge is 0.242 e. The molecule has 9 nitrogen and oxygen atoms in total. The average Bonchev–Trinajstić information content (AvgIpc) is 2.73. The Morgan fingerprint density at radius 3 is 2.19 bits per heavy atom. The number of nitrogens with one attached hydrogen (secondary N) is 2. The number of carbonyl (C=O) groups excluding carboxylic acids is 1. The lowest BCUT2D eigenvalue weighted by Gasteiger charge is -2.15. The maximum absolute atomic E-state index is 12.6. The maximum atomic E-state index is 12.6. The zero-order valence-electron chi connectivity index (χ0n) is 18.1. The molecule has 0 bridgehead atoms. The second kappa shape index (κ2) is 10.6. The summed E-state index contributed by atoms with van der Waals surface area (Å²) in [5.74, 6) is -0.182. The zero-order chi connectivity index (χ0) is 24.1. The van der Waals surface area contributed by atoms with Crippen molar-refractivity contribution in [2.45, 2.75) is 36.2 Å². The van der Waals surface area contributed by atoms with Gasteiger partial charge in [-0.25, -0.2) is 21.1 Å². The number of amides is 1. The Morgan fingerprint density at radius 2 is 1.66 bits per heavy atom. The van der Waals surface area contributed by atoms with Gasteiger partial charge in [0.25, 0.3) is 0 Å². The molecule has 0 heterocycles. The van der Waals surface area contributed by atoms with Gasteiger partial charge in [-0.3, -0.25) is 4.79 Å². The lowest BCUT2D eigenvalue weighted by molar-refractivity contribution is -0.122. The van der Waals surface area contributed by atoms with Gasteiger partial charge in [0.1, 0.15) is 5.75 Å². The van der Waals surface area contributed by atoms with Crippen LogP contribution >= 0.6 is 11.6 Å². The summed E-state index contributed by atoms with van der Waals surface area (Å²) >= 11 is 6.05. The van der Waals surface area contributed by atoms with Gasteiger partial charge in [-0.2, -0.15) is 4.72 Å². The van der Waals surface area contributed by atoms with Crippen LogP contribution in [0.15, 0.2) is 52.3 Å². The molecule has 2 aromatic carbocycles. The molecule has 12 heteroatoms. The highest BCUT2D eigenvalue weighted by molar-refractivity contribution is 7.89. The van der Waals surface area contributed by atoms with Crippen molar-refractivity contribution < 1.29 is 26.4 Å². The van der Waals surface area contributed by atoms with E-state index in [9.17, 15) is 21.6 Å². The zero-order valence-corrected chi connectivity index (χ0v) is 20.5. The van der Waals surface area contributed by atoms with E-state index in [-0.39, 0.29) is 21.4 Å². The highest BCUT2D eigenvalue weighted by atomic mass is 35.5. The molecule has 0 saturated heterocycles. The number of hydrogen-bond donors (Lipinski definition) is 2. The first kappa shape index (κ1) is 26.1. The van der Waals surface area contributed by atoms with E-state index in [0.717, 1.165) is 4.31 Å².